The van der Waals surface area contributed by atoms with Crippen LogP contribution in [0.3, 0.4) is 0 Å². The minimum Gasteiger partial charge on any atom is -0.481 e. The summed E-state index contributed by atoms with van der Waals surface area (Å²) in [6.45, 7) is -0.637. The maximum absolute atomic E-state index is 11.7. The molecule has 6 nitrogen and oxygen atoms in total. The predicted octanol–water partition coefficient (Wildman–Crippen LogP) is 0.0835. The van der Waals surface area contributed by atoms with Crippen LogP contribution in [0.1, 0.15) is 13.3 Å². The molecule has 0 amide bonds. The third kappa shape index (κ3) is 7.94. The quantitative estimate of drug-likeness (QED) is 0.614. The largest absolute Gasteiger partial charge is 0.481 e. The number of carbonyl (C=O) groups is 1. The highest BCUT2D eigenvalue weighted by Crippen LogP contribution is 2.12. The second kappa shape index (κ2) is 6.17. The Morgan fingerprint density at radius 2 is 1.88 bits per heavy atom. The van der Waals surface area contributed by atoms with Crippen LogP contribution in [-0.4, -0.2) is 38.8 Å². The molecule has 0 saturated carbocycles. The molecular formula is C7H13F3N2O4S. The van der Waals surface area contributed by atoms with Gasteiger partial charge in [0.25, 0.3) is 10.2 Å². The molecule has 0 radical (unpaired) electrons. The standard InChI is InChI=1S/C7H13F3N2O4S/c1-2-5(6(13)14)3-11-17(15,16)12-4-7(8,9)10/h5,11-12H,2-4H2,1H3,(H,13,14). The maximum Gasteiger partial charge on any atom is 0.402 e. The molecule has 0 aliphatic rings. The Hall–Kier alpha value is -0.870. The van der Waals surface area contributed by atoms with Gasteiger partial charge in [0.05, 0.1) is 5.92 Å². The Labute approximate surface area is 96.4 Å². The van der Waals surface area contributed by atoms with Crippen LogP contribution in [0.4, 0.5) is 13.2 Å². The number of alkyl halides is 3. The number of aliphatic carboxylic acids is 1. The van der Waals surface area contributed by atoms with E-state index in [4.69, 9.17) is 5.11 Å². The van der Waals surface area contributed by atoms with E-state index in [0.717, 1.165) is 0 Å². The zero-order valence-corrected chi connectivity index (χ0v) is 9.73. The van der Waals surface area contributed by atoms with Crippen LogP contribution in [0.25, 0.3) is 0 Å². The molecule has 0 aliphatic heterocycles. The topological polar surface area (TPSA) is 95.5 Å². The Morgan fingerprint density at radius 1 is 1.35 bits per heavy atom. The molecule has 17 heavy (non-hydrogen) atoms. The second-order valence-electron chi connectivity index (χ2n) is 3.23. The third-order valence-corrected chi connectivity index (χ3v) is 2.90. The molecule has 3 N–H and O–H groups in total. The number of halogens is 3. The number of nitrogens with one attached hydrogen (secondary N) is 2. The molecule has 0 aliphatic carbocycles. The lowest BCUT2D eigenvalue weighted by atomic mass is 10.1. The van der Waals surface area contributed by atoms with Crippen molar-refractivity contribution in [2.45, 2.75) is 19.5 Å². The van der Waals surface area contributed by atoms with E-state index in [1.165, 1.54) is 11.6 Å². The first kappa shape index (κ1) is 16.1. The first-order chi connectivity index (χ1) is 7.57. The number of carboxylic acid groups (broad SMARTS) is 1. The van der Waals surface area contributed by atoms with Gasteiger partial charge in [0.1, 0.15) is 6.54 Å². The summed E-state index contributed by atoms with van der Waals surface area (Å²) in [4.78, 5) is 10.5. The molecule has 0 saturated heterocycles. The van der Waals surface area contributed by atoms with E-state index >= 15 is 0 Å². The first-order valence-electron chi connectivity index (χ1n) is 4.61. The highest BCUT2D eigenvalue weighted by atomic mass is 32.2. The summed E-state index contributed by atoms with van der Waals surface area (Å²) < 4.78 is 60.2. The minimum absolute atomic E-state index is 0.164. The molecule has 1 atom stereocenters. The van der Waals surface area contributed by atoms with E-state index in [9.17, 15) is 26.4 Å². The lowest BCUT2D eigenvalue weighted by molar-refractivity contribution is -0.141. The average Bonchev–Trinajstić information content (AvgIpc) is 2.14. The molecule has 0 aromatic carbocycles. The van der Waals surface area contributed by atoms with Crippen LogP contribution < -0.4 is 9.44 Å². The molecule has 10 heteroatoms. The highest BCUT2D eigenvalue weighted by Gasteiger charge is 2.29. The maximum atomic E-state index is 11.7. The van der Waals surface area contributed by atoms with Gasteiger partial charge in [-0.05, 0) is 6.42 Å². The van der Waals surface area contributed by atoms with Gasteiger partial charge in [0, 0.05) is 6.54 Å². The van der Waals surface area contributed by atoms with Gasteiger partial charge in [-0.25, -0.2) is 4.72 Å². The molecular weight excluding hydrogens is 265 g/mol. The molecule has 102 valence electrons. The lowest BCUT2D eigenvalue weighted by Gasteiger charge is -2.13. The van der Waals surface area contributed by atoms with Crippen molar-refractivity contribution < 1.29 is 31.5 Å². The second-order valence-corrected chi connectivity index (χ2v) is 4.82. The summed E-state index contributed by atoms with van der Waals surface area (Å²) in [5, 5.41) is 8.59. The molecule has 0 heterocycles. The van der Waals surface area contributed by atoms with Crippen molar-refractivity contribution in [1.82, 2.24) is 9.44 Å². The fraction of sp³-hybridized carbons (Fsp3) is 0.857. The molecule has 0 fully saturated rings. The fourth-order valence-electron chi connectivity index (χ4n) is 0.844. The van der Waals surface area contributed by atoms with E-state index < -0.39 is 41.4 Å². The lowest BCUT2D eigenvalue weighted by Crippen LogP contribution is -2.43. The van der Waals surface area contributed by atoms with Gasteiger partial charge in [-0.15, -0.1) is 0 Å². The highest BCUT2D eigenvalue weighted by molar-refractivity contribution is 7.87. The monoisotopic (exact) mass is 278 g/mol. The molecule has 0 rings (SSSR count). The van der Waals surface area contributed by atoms with Crippen molar-refractivity contribution in [3.8, 4) is 0 Å². The summed E-state index contributed by atoms with van der Waals surface area (Å²) in [7, 11) is -4.34. The van der Waals surface area contributed by atoms with Crippen LogP contribution in [0.15, 0.2) is 0 Å². The summed E-state index contributed by atoms with van der Waals surface area (Å²) in [5.74, 6) is -2.19. The van der Waals surface area contributed by atoms with Crippen molar-refractivity contribution in [3.63, 3.8) is 0 Å². The Kier molecular flexibility index (Phi) is 5.85. The predicted molar refractivity (Wildman–Crippen MR) is 52.4 cm³/mol. The summed E-state index contributed by atoms with van der Waals surface area (Å²) in [6, 6.07) is 0. The molecule has 1 unspecified atom stereocenters. The smallest absolute Gasteiger partial charge is 0.402 e. The van der Waals surface area contributed by atoms with E-state index in [2.05, 4.69) is 0 Å². The zero-order valence-electron chi connectivity index (χ0n) is 8.91. The minimum atomic E-state index is -4.66. The van der Waals surface area contributed by atoms with Crippen molar-refractivity contribution in [2.75, 3.05) is 13.1 Å². The summed E-state index contributed by atoms with van der Waals surface area (Å²) in [6.07, 6.45) is -4.50. The molecule has 0 aromatic heterocycles. The van der Waals surface area contributed by atoms with Gasteiger partial charge in [-0.1, -0.05) is 6.92 Å². The number of hydrogen-bond acceptors (Lipinski definition) is 3. The van der Waals surface area contributed by atoms with Crippen molar-refractivity contribution in [1.29, 1.82) is 0 Å². The van der Waals surface area contributed by atoms with E-state index in [0.29, 0.717) is 0 Å². The van der Waals surface area contributed by atoms with Gasteiger partial charge in [-0.3, -0.25) is 4.79 Å². The third-order valence-electron chi connectivity index (χ3n) is 1.82. The van der Waals surface area contributed by atoms with E-state index in [1.807, 2.05) is 0 Å². The van der Waals surface area contributed by atoms with Gasteiger partial charge in [-0.2, -0.15) is 26.3 Å². The van der Waals surface area contributed by atoms with Gasteiger partial charge < -0.3 is 5.11 Å². The Balaban J connectivity index is 4.23. The van der Waals surface area contributed by atoms with Crippen molar-refractivity contribution in [3.05, 3.63) is 0 Å². The van der Waals surface area contributed by atoms with Crippen LogP contribution in [-0.2, 0) is 15.0 Å². The SMILES string of the molecule is CCC(CNS(=O)(=O)NCC(F)(F)F)C(=O)O. The first-order valence-corrected chi connectivity index (χ1v) is 6.09. The van der Waals surface area contributed by atoms with E-state index in [-0.39, 0.29) is 6.42 Å². The Bertz CT molecular complexity index is 355. The molecule has 0 bridgehead atoms. The Morgan fingerprint density at radius 3 is 2.24 bits per heavy atom. The van der Waals surface area contributed by atoms with E-state index in [1.54, 1.807) is 4.72 Å². The number of rotatable bonds is 7. The molecule has 0 spiro atoms. The van der Waals surface area contributed by atoms with Gasteiger partial charge in [0.2, 0.25) is 0 Å². The van der Waals surface area contributed by atoms with Crippen LogP contribution >= 0.6 is 0 Å². The van der Waals surface area contributed by atoms with Crippen LogP contribution in [0.2, 0.25) is 0 Å². The van der Waals surface area contributed by atoms with Gasteiger partial charge >= 0.3 is 12.1 Å². The number of carboxylic acids is 1. The average molecular weight is 278 g/mol. The molecule has 0 aromatic rings. The van der Waals surface area contributed by atoms with Crippen LogP contribution in [0.5, 0.6) is 0 Å². The summed E-state index contributed by atoms with van der Waals surface area (Å²) >= 11 is 0. The zero-order chi connectivity index (χ0) is 13.7. The van der Waals surface area contributed by atoms with Crippen molar-refractivity contribution >= 4 is 16.2 Å². The van der Waals surface area contributed by atoms with Crippen LogP contribution in [0, 0.1) is 5.92 Å². The summed E-state index contributed by atoms with van der Waals surface area (Å²) in [5.41, 5.74) is 0. The number of hydrogen-bond donors (Lipinski definition) is 3. The fourth-order valence-corrected chi connectivity index (χ4v) is 1.72. The normalized spacial score (nSPS) is 14.6. The van der Waals surface area contributed by atoms with Gasteiger partial charge in [0.15, 0.2) is 0 Å². The van der Waals surface area contributed by atoms with Crippen molar-refractivity contribution in [2.24, 2.45) is 5.92 Å².